The van der Waals surface area contributed by atoms with E-state index in [1.165, 1.54) is 6.07 Å². The molecule has 0 spiro atoms. The largest absolute Gasteiger partial charge is 0.384 e. The topological polar surface area (TPSA) is 44.0 Å². The Bertz CT molecular complexity index is 705. The first-order valence-electron chi connectivity index (χ1n) is 6.96. The molecule has 0 fully saturated rings. The zero-order valence-electron chi connectivity index (χ0n) is 11.8. The van der Waals surface area contributed by atoms with E-state index in [0.717, 1.165) is 11.1 Å². The predicted octanol–water partition coefficient (Wildman–Crippen LogP) is 3.34. The molecule has 1 N–H and O–H groups in total. The van der Waals surface area contributed by atoms with E-state index in [9.17, 15) is 14.8 Å². The molecule has 2 nitrogen and oxygen atoms in total. The summed E-state index contributed by atoms with van der Waals surface area (Å²) >= 11 is 0. The van der Waals surface area contributed by atoms with Crippen molar-refractivity contribution in [2.75, 3.05) is 0 Å². The van der Waals surface area contributed by atoms with Gasteiger partial charge in [0, 0.05) is 5.56 Å². The molecule has 0 saturated heterocycles. The van der Waals surface area contributed by atoms with E-state index in [0.29, 0.717) is 12.8 Å². The highest BCUT2D eigenvalue weighted by molar-refractivity contribution is 5.42. The van der Waals surface area contributed by atoms with Crippen LogP contribution in [-0.2, 0) is 18.4 Å². The van der Waals surface area contributed by atoms with Gasteiger partial charge in [0.05, 0.1) is 11.5 Å². The molecule has 0 bridgehead atoms. The maximum Gasteiger partial charge on any atom is 0.129 e. The fourth-order valence-electron chi connectivity index (χ4n) is 3.26. The van der Waals surface area contributed by atoms with Gasteiger partial charge in [-0.1, -0.05) is 42.5 Å². The van der Waals surface area contributed by atoms with Crippen LogP contribution in [0.5, 0.6) is 0 Å². The van der Waals surface area contributed by atoms with Gasteiger partial charge in [0.15, 0.2) is 0 Å². The Morgan fingerprint density at radius 2 is 1.62 bits per heavy atom. The number of aliphatic hydroxyl groups is 1. The van der Waals surface area contributed by atoms with E-state index in [1.54, 1.807) is 25.1 Å². The molecular formula is C18H16FNO. The van der Waals surface area contributed by atoms with Crippen LogP contribution in [0.4, 0.5) is 4.39 Å². The molecule has 3 heteroatoms. The van der Waals surface area contributed by atoms with Crippen LogP contribution in [0.2, 0.25) is 0 Å². The van der Waals surface area contributed by atoms with Gasteiger partial charge in [-0.05, 0) is 37.0 Å². The second-order valence-corrected chi connectivity index (χ2v) is 5.87. The van der Waals surface area contributed by atoms with E-state index in [2.05, 4.69) is 6.07 Å². The lowest BCUT2D eigenvalue weighted by Crippen LogP contribution is -2.44. The highest BCUT2D eigenvalue weighted by atomic mass is 19.1. The monoisotopic (exact) mass is 281 g/mol. The molecule has 0 radical (unpaired) electrons. The molecule has 1 atom stereocenters. The first kappa shape index (κ1) is 13.8. The Kier molecular flexibility index (Phi) is 3.07. The molecule has 106 valence electrons. The molecule has 2 aromatic carbocycles. The lowest BCUT2D eigenvalue weighted by atomic mass is 9.68. The Morgan fingerprint density at radius 1 is 1.10 bits per heavy atom. The summed E-state index contributed by atoms with van der Waals surface area (Å²) in [7, 11) is 0. The van der Waals surface area contributed by atoms with Crippen LogP contribution in [0.3, 0.4) is 0 Å². The fraction of sp³-hybridized carbons (Fsp3) is 0.278. The van der Waals surface area contributed by atoms with Crippen LogP contribution in [-0.4, -0.2) is 5.11 Å². The van der Waals surface area contributed by atoms with Gasteiger partial charge >= 0.3 is 0 Å². The summed E-state index contributed by atoms with van der Waals surface area (Å²) in [5.74, 6) is -0.479. The smallest absolute Gasteiger partial charge is 0.129 e. The van der Waals surface area contributed by atoms with Crippen molar-refractivity contribution in [2.45, 2.75) is 25.4 Å². The summed E-state index contributed by atoms with van der Waals surface area (Å²) < 4.78 is 14.1. The van der Waals surface area contributed by atoms with Crippen LogP contribution in [0.15, 0.2) is 48.5 Å². The quantitative estimate of drug-likeness (QED) is 0.917. The van der Waals surface area contributed by atoms with Crippen molar-refractivity contribution in [3.8, 4) is 6.07 Å². The third-order valence-electron chi connectivity index (χ3n) is 4.65. The minimum absolute atomic E-state index is 0.180. The molecule has 2 aromatic rings. The van der Waals surface area contributed by atoms with Crippen molar-refractivity contribution in [3.63, 3.8) is 0 Å². The Balaban J connectivity index is 2.10. The summed E-state index contributed by atoms with van der Waals surface area (Å²) in [6, 6.07) is 16.2. The third-order valence-corrected chi connectivity index (χ3v) is 4.65. The summed E-state index contributed by atoms with van der Waals surface area (Å²) in [6.07, 6.45) is 0.863. The highest BCUT2D eigenvalue weighted by Crippen LogP contribution is 2.49. The average Bonchev–Trinajstić information content (AvgIpc) is 2.88. The summed E-state index contributed by atoms with van der Waals surface area (Å²) in [4.78, 5) is 0. The predicted molar refractivity (Wildman–Crippen MR) is 77.9 cm³/mol. The van der Waals surface area contributed by atoms with Gasteiger partial charge in [0.1, 0.15) is 11.4 Å². The second kappa shape index (κ2) is 4.68. The maximum atomic E-state index is 14.1. The van der Waals surface area contributed by atoms with E-state index in [-0.39, 0.29) is 5.56 Å². The van der Waals surface area contributed by atoms with Crippen molar-refractivity contribution in [1.82, 2.24) is 0 Å². The van der Waals surface area contributed by atoms with Gasteiger partial charge in [-0.15, -0.1) is 0 Å². The molecular weight excluding hydrogens is 265 g/mol. The number of nitriles is 1. The normalized spacial score (nSPS) is 18.6. The van der Waals surface area contributed by atoms with Gasteiger partial charge in [0.25, 0.3) is 0 Å². The number of halogens is 1. The number of hydrogen-bond acceptors (Lipinski definition) is 2. The molecule has 1 aliphatic carbocycles. The molecule has 1 aliphatic rings. The Hall–Kier alpha value is -2.18. The average molecular weight is 281 g/mol. The number of nitrogens with zero attached hydrogens (tertiary/aromatic N) is 1. The SMILES string of the molecule is CC(O)(c1ccccc1F)C1(C#N)Cc2ccccc2C1. The summed E-state index contributed by atoms with van der Waals surface area (Å²) in [6.45, 7) is 1.54. The Morgan fingerprint density at radius 3 is 2.14 bits per heavy atom. The van der Waals surface area contributed by atoms with E-state index < -0.39 is 16.8 Å². The summed E-state index contributed by atoms with van der Waals surface area (Å²) in [5, 5.41) is 20.8. The molecule has 0 aromatic heterocycles. The van der Waals surface area contributed by atoms with Crippen molar-refractivity contribution in [3.05, 3.63) is 71.0 Å². The maximum absolute atomic E-state index is 14.1. The van der Waals surface area contributed by atoms with Crippen molar-refractivity contribution < 1.29 is 9.50 Å². The van der Waals surface area contributed by atoms with Gasteiger partial charge in [0.2, 0.25) is 0 Å². The van der Waals surface area contributed by atoms with Crippen LogP contribution in [0, 0.1) is 22.6 Å². The minimum Gasteiger partial charge on any atom is -0.384 e. The number of hydrogen-bond donors (Lipinski definition) is 1. The second-order valence-electron chi connectivity index (χ2n) is 5.87. The van der Waals surface area contributed by atoms with E-state index >= 15 is 0 Å². The molecule has 1 unspecified atom stereocenters. The van der Waals surface area contributed by atoms with Crippen molar-refractivity contribution in [2.24, 2.45) is 5.41 Å². The van der Waals surface area contributed by atoms with E-state index in [1.807, 2.05) is 24.3 Å². The molecule has 0 amide bonds. The number of fused-ring (bicyclic) bond motifs is 1. The fourth-order valence-corrected chi connectivity index (χ4v) is 3.26. The van der Waals surface area contributed by atoms with Crippen LogP contribution >= 0.6 is 0 Å². The molecule has 21 heavy (non-hydrogen) atoms. The van der Waals surface area contributed by atoms with Crippen molar-refractivity contribution in [1.29, 1.82) is 5.26 Å². The zero-order chi connectivity index (χ0) is 15.1. The first-order valence-corrected chi connectivity index (χ1v) is 6.96. The lowest BCUT2D eigenvalue weighted by Gasteiger charge is -2.38. The Labute approximate surface area is 123 Å². The van der Waals surface area contributed by atoms with Crippen LogP contribution in [0.1, 0.15) is 23.6 Å². The van der Waals surface area contributed by atoms with Gasteiger partial charge in [-0.2, -0.15) is 5.26 Å². The molecule has 0 saturated carbocycles. The van der Waals surface area contributed by atoms with Gasteiger partial charge in [-0.25, -0.2) is 4.39 Å². The number of rotatable bonds is 2. The van der Waals surface area contributed by atoms with Crippen LogP contribution < -0.4 is 0 Å². The van der Waals surface area contributed by atoms with Gasteiger partial charge < -0.3 is 5.11 Å². The van der Waals surface area contributed by atoms with Crippen molar-refractivity contribution >= 4 is 0 Å². The molecule has 0 heterocycles. The highest BCUT2D eigenvalue weighted by Gasteiger charge is 2.53. The molecule has 0 aliphatic heterocycles. The lowest BCUT2D eigenvalue weighted by molar-refractivity contribution is -0.0433. The third kappa shape index (κ3) is 1.95. The standard InChI is InChI=1S/C18H16FNO/c1-17(21,15-8-4-5-9-16(15)19)18(12-20)10-13-6-2-3-7-14(13)11-18/h2-9,21H,10-11H2,1H3. The van der Waals surface area contributed by atoms with Gasteiger partial charge in [-0.3, -0.25) is 0 Å². The summed E-state index contributed by atoms with van der Waals surface area (Å²) in [5.41, 5.74) is -0.309. The number of benzene rings is 2. The molecule has 3 rings (SSSR count). The van der Waals surface area contributed by atoms with E-state index in [4.69, 9.17) is 0 Å². The first-order chi connectivity index (χ1) is 10.00. The minimum atomic E-state index is -1.55. The zero-order valence-corrected chi connectivity index (χ0v) is 11.8. The van der Waals surface area contributed by atoms with Crippen LogP contribution in [0.25, 0.3) is 0 Å².